The van der Waals surface area contributed by atoms with Gasteiger partial charge in [0, 0.05) is 11.8 Å². The number of Topliss-reactive ketones (excluding diaryl/α,β-unsaturated/α-hetero) is 1. The number of aliphatic carboxylic acids is 1. The van der Waals surface area contributed by atoms with Crippen LogP contribution in [0.5, 0.6) is 0 Å². The average Bonchev–Trinajstić information content (AvgIpc) is 2.96. The summed E-state index contributed by atoms with van der Waals surface area (Å²) in [5, 5.41) is 39.7. The number of aliphatic hydroxyl groups excluding tert-OH is 3. The lowest BCUT2D eigenvalue weighted by atomic mass is 9.40. The molecule has 9 nitrogen and oxygen atoms in total. The van der Waals surface area contributed by atoms with Crippen molar-refractivity contribution >= 4 is 17.7 Å². The van der Waals surface area contributed by atoms with Gasteiger partial charge in [0.2, 0.25) is 6.29 Å². The molecule has 9 heteroatoms. The van der Waals surface area contributed by atoms with E-state index in [1.807, 2.05) is 6.92 Å². The third-order valence-corrected chi connectivity index (χ3v) is 10.9. The topological polar surface area (TPSA) is 151 Å². The number of carboxylic acids is 1. The van der Waals surface area contributed by atoms with Gasteiger partial charge in [0.15, 0.2) is 6.10 Å². The lowest BCUT2D eigenvalue weighted by Gasteiger charge is -2.64. The van der Waals surface area contributed by atoms with E-state index in [1.54, 1.807) is 0 Å². The van der Waals surface area contributed by atoms with Crippen LogP contribution in [0.2, 0.25) is 0 Å². The summed E-state index contributed by atoms with van der Waals surface area (Å²) in [6.45, 7) is 6.27. The Morgan fingerprint density at radius 3 is 2.31 bits per heavy atom. The largest absolute Gasteiger partial charge is 0.479 e. The van der Waals surface area contributed by atoms with Crippen molar-refractivity contribution in [2.45, 2.75) is 109 Å². The zero-order chi connectivity index (χ0) is 25.6. The molecule has 1 unspecified atom stereocenters. The maximum absolute atomic E-state index is 13.7. The lowest BCUT2D eigenvalue weighted by molar-refractivity contribution is -0.292. The molecule has 35 heavy (non-hydrogen) atoms. The second-order valence-electron chi connectivity index (χ2n) is 12.8. The van der Waals surface area contributed by atoms with Crippen LogP contribution in [0.25, 0.3) is 0 Å². The maximum Gasteiger partial charge on any atom is 0.335 e. The number of carboxylic acid groups (broad SMARTS) is 1. The standard InChI is InChI=1S/C26H38O9/c1-23-9-5-14-24(2)7-4-8-25(3,13(24)6-10-26(14,12-23)11-15(23)27)22(33)35-21-18(30)16(28)17(29)19(34-21)20(31)32/h13-14,16-19,21,28-30H,4-12H2,1-3H3,(H,31,32)/t13-,14-,16-,17-,18-,19?,21-,23-,24+,25+,26-/m0/s1. The van der Waals surface area contributed by atoms with E-state index < -0.39 is 48.1 Å². The van der Waals surface area contributed by atoms with Gasteiger partial charge in [-0.1, -0.05) is 20.3 Å². The van der Waals surface area contributed by atoms with E-state index in [4.69, 9.17) is 9.47 Å². The van der Waals surface area contributed by atoms with Crippen molar-refractivity contribution in [3.8, 4) is 0 Å². The van der Waals surface area contributed by atoms with Crippen molar-refractivity contribution in [2.75, 3.05) is 0 Å². The summed E-state index contributed by atoms with van der Waals surface area (Å²) >= 11 is 0. The van der Waals surface area contributed by atoms with Gasteiger partial charge in [-0.3, -0.25) is 9.59 Å². The molecule has 0 aromatic rings. The smallest absolute Gasteiger partial charge is 0.335 e. The molecule has 0 amide bonds. The fraction of sp³-hybridized carbons (Fsp3) is 0.885. The Bertz CT molecular complexity index is 936. The van der Waals surface area contributed by atoms with E-state index in [0.717, 1.165) is 44.9 Å². The summed E-state index contributed by atoms with van der Waals surface area (Å²) < 4.78 is 10.8. The van der Waals surface area contributed by atoms with E-state index in [9.17, 15) is 34.8 Å². The molecule has 0 radical (unpaired) electrons. The number of hydrogen-bond acceptors (Lipinski definition) is 8. The molecular formula is C26H38O9. The number of ether oxygens (including phenoxy) is 2. The summed E-state index contributed by atoms with van der Waals surface area (Å²) in [4.78, 5) is 38.0. The van der Waals surface area contributed by atoms with Crippen LogP contribution >= 0.6 is 0 Å². The molecule has 4 N–H and O–H groups in total. The molecule has 1 saturated heterocycles. The minimum Gasteiger partial charge on any atom is -0.479 e. The van der Waals surface area contributed by atoms with Crippen molar-refractivity contribution < 1.29 is 44.3 Å². The number of aliphatic hydroxyl groups is 3. The van der Waals surface area contributed by atoms with Crippen LogP contribution in [0.15, 0.2) is 0 Å². The number of rotatable bonds is 3. The molecule has 11 atom stereocenters. The molecule has 2 bridgehead atoms. The Balaban J connectivity index is 1.39. The molecular weight excluding hydrogens is 456 g/mol. The normalized spacial score (nSPS) is 53.4. The molecule has 4 saturated carbocycles. The minimum atomic E-state index is -1.84. The summed E-state index contributed by atoms with van der Waals surface area (Å²) in [5.41, 5.74) is -1.21. The third-order valence-electron chi connectivity index (χ3n) is 10.9. The summed E-state index contributed by atoms with van der Waals surface area (Å²) in [7, 11) is 0. The van der Waals surface area contributed by atoms with Crippen LogP contribution in [0.4, 0.5) is 0 Å². The van der Waals surface area contributed by atoms with E-state index in [0.29, 0.717) is 24.5 Å². The Morgan fingerprint density at radius 1 is 0.943 bits per heavy atom. The molecule has 196 valence electrons. The van der Waals surface area contributed by atoms with Gasteiger partial charge in [0.1, 0.15) is 24.1 Å². The molecule has 4 aliphatic carbocycles. The van der Waals surface area contributed by atoms with Crippen LogP contribution in [0.1, 0.15) is 78.6 Å². The summed E-state index contributed by atoms with van der Waals surface area (Å²) in [5.74, 6) is -1.35. The second-order valence-corrected chi connectivity index (χ2v) is 12.8. The molecule has 0 aromatic carbocycles. The van der Waals surface area contributed by atoms with Crippen LogP contribution in [-0.2, 0) is 23.9 Å². The van der Waals surface area contributed by atoms with Crippen molar-refractivity contribution in [1.82, 2.24) is 0 Å². The quantitative estimate of drug-likeness (QED) is 0.431. The van der Waals surface area contributed by atoms with Gasteiger partial charge in [-0.25, -0.2) is 4.79 Å². The molecule has 1 heterocycles. The Kier molecular flexibility index (Phi) is 5.72. The van der Waals surface area contributed by atoms with Crippen LogP contribution in [0, 0.1) is 33.5 Å². The van der Waals surface area contributed by atoms with Crippen LogP contribution in [0.3, 0.4) is 0 Å². The first kappa shape index (κ1) is 25.1. The lowest BCUT2D eigenvalue weighted by Crippen LogP contribution is -2.62. The fourth-order valence-electron chi connectivity index (χ4n) is 9.14. The Labute approximate surface area is 205 Å². The van der Waals surface area contributed by atoms with E-state index in [-0.39, 0.29) is 22.2 Å². The highest BCUT2D eigenvalue weighted by Gasteiger charge is 2.68. The van der Waals surface area contributed by atoms with E-state index in [2.05, 4.69) is 13.8 Å². The number of carbonyl (C=O) groups excluding carboxylic acids is 2. The van der Waals surface area contributed by atoms with Crippen molar-refractivity contribution in [2.24, 2.45) is 33.5 Å². The number of esters is 1. The third kappa shape index (κ3) is 3.45. The first-order valence-electron chi connectivity index (χ1n) is 12.9. The SMILES string of the molecule is C[C@@]12CC[C@@H]3[C@@](CC[C@H]4[C@@]3(C)CCC[C@@]4(C)C(=O)O[C@@H]3OC(C(=O)O)[C@@H](O)[C@H](O)[C@@H]3O)(CC1=O)C2. The highest BCUT2D eigenvalue weighted by Crippen LogP contribution is 2.73. The summed E-state index contributed by atoms with van der Waals surface area (Å²) in [6.07, 6.45) is -1.40. The monoisotopic (exact) mass is 494 g/mol. The zero-order valence-corrected chi connectivity index (χ0v) is 20.7. The van der Waals surface area contributed by atoms with Gasteiger partial charge in [-0.05, 0) is 74.5 Å². The maximum atomic E-state index is 13.7. The molecule has 5 rings (SSSR count). The van der Waals surface area contributed by atoms with Crippen LogP contribution in [-0.4, -0.2) is 68.9 Å². The average molecular weight is 495 g/mol. The fourth-order valence-corrected chi connectivity index (χ4v) is 9.14. The number of fused-ring (bicyclic) bond motifs is 3. The minimum absolute atomic E-state index is 0.00905. The molecule has 1 spiro atoms. The number of hydrogen-bond donors (Lipinski definition) is 4. The Hall–Kier alpha value is -1.55. The second kappa shape index (κ2) is 7.97. The van der Waals surface area contributed by atoms with Gasteiger partial charge in [-0.15, -0.1) is 0 Å². The first-order valence-corrected chi connectivity index (χ1v) is 12.9. The predicted octanol–water partition coefficient (Wildman–Crippen LogP) is 1.79. The van der Waals surface area contributed by atoms with E-state index >= 15 is 0 Å². The number of ketones is 1. The van der Waals surface area contributed by atoms with Crippen molar-refractivity contribution in [3.63, 3.8) is 0 Å². The van der Waals surface area contributed by atoms with Crippen molar-refractivity contribution in [1.29, 1.82) is 0 Å². The first-order chi connectivity index (χ1) is 16.3. The highest BCUT2D eigenvalue weighted by molar-refractivity contribution is 5.88. The van der Waals surface area contributed by atoms with Gasteiger partial charge in [0.25, 0.3) is 0 Å². The number of carbonyl (C=O) groups is 3. The van der Waals surface area contributed by atoms with Gasteiger partial charge < -0.3 is 29.9 Å². The molecule has 5 aliphatic rings. The predicted molar refractivity (Wildman–Crippen MR) is 121 cm³/mol. The van der Waals surface area contributed by atoms with E-state index in [1.165, 1.54) is 0 Å². The molecule has 1 aliphatic heterocycles. The zero-order valence-electron chi connectivity index (χ0n) is 20.7. The molecule has 0 aromatic heterocycles. The molecule has 5 fully saturated rings. The van der Waals surface area contributed by atoms with Crippen molar-refractivity contribution in [3.05, 3.63) is 0 Å². The summed E-state index contributed by atoms with van der Waals surface area (Å²) in [6, 6.07) is 0. The van der Waals surface area contributed by atoms with Crippen LogP contribution < -0.4 is 0 Å². The highest BCUT2D eigenvalue weighted by atomic mass is 16.7. The Morgan fingerprint density at radius 2 is 1.63 bits per heavy atom. The van der Waals surface area contributed by atoms with Gasteiger partial charge >= 0.3 is 11.9 Å². The van der Waals surface area contributed by atoms with Gasteiger partial charge in [0.05, 0.1) is 5.41 Å². The van der Waals surface area contributed by atoms with Gasteiger partial charge in [-0.2, -0.15) is 0 Å².